The fourth-order valence-corrected chi connectivity index (χ4v) is 10.8. The van der Waals surface area contributed by atoms with Gasteiger partial charge in [0.15, 0.2) is 24.3 Å². The SMILES string of the molecule is CC(=O)O[C@@H](CCC(S(=O)(=O)c1ccccc1)S(=O)(=O)c1ccccc1)C1=C(C)[C@H](O[C@@H]2C[C@H](C)CC[C@H]2C(C)C)OC1=O. The van der Waals surface area contributed by atoms with Crippen LogP contribution in [0.1, 0.15) is 66.7 Å². The van der Waals surface area contributed by atoms with Gasteiger partial charge in [-0.1, -0.05) is 63.6 Å². The van der Waals surface area contributed by atoms with E-state index in [4.69, 9.17) is 14.2 Å². The molecule has 1 fully saturated rings. The maximum absolute atomic E-state index is 13.8. The van der Waals surface area contributed by atoms with Crippen molar-refractivity contribution in [3.63, 3.8) is 0 Å². The topological polar surface area (TPSA) is 130 Å². The summed E-state index contributed by atoms with van der Waals surface area (Å²) in [7, 11) is -8.83. The van der Waals surface area contributed by atoms with Crippen molar-refractivity contribution in [1.29, 1.82) is 0 Å². The number of ether oxygens (including phenoxy) is 3. The van der Waals surface area contributed by atoms with E-state index in [1.54, 1.807) is 19.1 Å². The molecule has 0 N–H and O–H groups in total. The van der Waals surface area contributed by atoms with E-state index in [1.807, 2.05) is 0 Å². The number of carbonyl (C=O) groups is 2. The third kappa shape index (κ3) is 7.43. The van der Waals surface area contributed by atoms with Gasteiger partial charge in [-0.3, -0.25) is 4.79 Å². The van der Waals surface area contributed by atoms with Gasteiger partial charge in [0.2, 0.25) is 6.29 Å². The summed E-state index contributed by atoms with van der Waals surface area (Å²) in [5.74, 6) is -0.325. The van der Waals surface area contributed by atoms with E-state index < -0.39 is 55.0 Å². The molecule has 240 valence electrons. The molecule has 1 aliphatic heterocycles. The number of carbonyl (C=O) groups excluding carboxylic acids is 2. The molecule has 44 heavy (non-hydrogen) atoms. The molecule has 1 aliphatic carbocycles. The third-order valence-corrected chi connectivity index (χ3v) is 13.8. The Morgan fingerprint density at radius 1 is 0.909 bits per heavy atom. The molecule has 2 aromatic rings. The third-order valence-electron chi connectivity index (χ3n) is 8.60. The van der Waals surface area contributed by atoms with E-state index in [2.05, 4.69) is 20.8 Å². The summed E-state index contributed by atoms with van der Waals surface area (Å²) < 4.78 is 70.9. The van der Waals surface area contributed by atoms with Crippen LogP contribution in [-0.2, 0) is 43.5 Å². The van der Waals surface area contributed by atoms with Crippen LogP contribution in [-0.4, -0.2) is 51.9 Å². The molecule has 0 bridgehead atoms. The molecule has 0 saturated heterocycles. The van der Waals surface area contributed by atoms with Gasteiger partial charge in [0, 0.05) is 12.5 Å². The summed E-state index contributed by atoms with van der Waals surface area (Å²) in [6, 6.07) is 14.7. The summed E-state index contributed by atoms with van der Waals surface area (Å²) in [4.78, 5) is 25.1. The van der Waals surface area contributed by atoms with Crippen LogP contribution in [0.3, 0.4) is 0 Å². The van der Waals surface area contributed by atoms with Gasteiger partial charge in [0.05, 0.1) is 21.5 Å². The van der Waals surface area contributed by atoms with Crippen molar-refractivity contribution < 1.29 is 40.6 Å². The Balaban J connectivity index is 1.67. The average Bonchev–Trinajstić information content (AvgIpc) is 3.24. The van der Waals surface area contributed by atoms with Gasteiger partial charge in [-0.2, -0.15) is 0 Å². The van der Waals surface area contributed by atoms with E-state index in [0.717, 1.165) is 19.3 Å². The minimum atomic E-state index is -4.42. The van der Waals surface area contributed by atoms with Crippen LogP contribution in [0.2, 0.25) is 0 Å². The minimum Gasteiger partial charge on any atom is -0.457 e. The number of benzene rings is 2. The number of hydrogen-bond acceptors (Lipinski definition) is 9. The predicted molar refractivity (Wildman–Crippen MR) is 165 cm³/mol. The molecule has 11 heteroatoms. The first-order valence-electron chi connectivity index (χ1n) is 15.1. The quantitative estimate of drug-likeness (QED) is 0.269. The average molecular weight is 647 g/mol. The molecule has 0 aromatic heterocycles. The Kier molecular flexibility index (Phi) is 10.7. The highest BCUT2D eigenvalue weighted by Gasteiger charge is 2.44. The van der Waals surface area contributed by atoms with E-state index in [-0.39, 0.29) is 33.8 Å². The van der Waals surface area contributed by atoms with Gasteiger partial charge in [-0.15, -0.1) is 0 Å². The number of cyclic esters (lactones) is 1. The van der Waals surface area contributed by atoms with Gasteiger partial charge in [0.1, 0.15) is 6.10 Å². The molecule has 0 spiro atoms. The molecule has 1 saturated carbocycles. The first kappa shape index (κ1) is 33.9. The van der Waals surface area contributed by atoms with Crippen molar-refractivity contribution in [2.75, 3.05) is 0 Å². The molecule has 2 aliphatic rings. The molecule has 2 aromatic carbocycles. The van der Waals surface area contributed by atoms with E-state index in [1.165, 1.54) is 55.5 Å². The lowest BCUT2D eigenvalue weighted by Crippen LogP contribution is -2.37. The normalized spacial score (nSPS) is 23.6. The lowest BCUT2D eigenvalue weighted by molar-refractivity contribution is -0.181. The fraction of sp³-hybridized carbons (Fsp3) is 0.515. The highest BCUT2D eigenvalue weighted by atomic mass is 32.3. The summed E-state index contributed by atoms with van der Waals surface area (Å²) in [6.07, 6.45) is -0.131. The zero-order valence-electron chi connectivity index (χ0n) is 25.8. The van der Waals surface area contributed by atoms with Crippen LogP contribution in [0.4, 0.5) is 0 Å². The molecule has 0 amide bonds. The zero-order valence-corrected chi connectivity index (χ0v) is 27.5. The second kappa shape index (κ2) is 14.0. The van der Waals surface area contributed by atoms with Crippen molar-refractivity contribution in [2.45, 2.75) is 99.6 Å². The lowest BCUT2D eigenvalue weighted by Gasteiger charge is -2.38. The molecule has 9 nitrogen and oxygen atoms in total. The summed E-state index contributed by atoms with van der Waals surface area (Å²) >= 11 is 0. The van der Waals surface area contributed by atoms with Crippen molar-refractivity contribution >= 4 is 31.6 Å². The molecule has 4 rings (SSSR count). The first-order chi connectivity index (χ1) is 20.7. The Bertz CT molecular complexity index is 1500. The summed E-state index contributed by atoms with van der Waals surface area (Å²) in [6.45, 7) is 9.30. The molecular formula is C33H42O9S2. The summed E-state index contributed by atoms with van der Waals surface area (Å²) in [5.41, 5.74) is 0.471. The van der Waals surface area contributed by atoms with Crippen LogP contribution in [0.15, 0.2) is 81.6 Å². The Hall–Kier alpha value is -3.02. The van der Waals surface area contributed by atoms with Crippen LogP contribution < -0.4 is 0 Å². The van der Waals surface area contributed by atoms with Gasteiger partial charge in [-0.25, -0.2) is 21.6 Å². The largest absolute Gasteiger partial charge is 0.457 e. The number of hydrogen-bond donors (Lipinski definition) is 0. The van der Waals surface area contributed by atoms with Gasteiger partial charge >= 0.3 is 11.9 Å². The molecule has 1 heterocycles. The monoisotopic (exact) mass is 646 g/mol. The van der Waals surface area contributed by atoms with E-state index >= 15 is 0 Å². The highest BCUT2D eigenvalue weighted by molar-refractivity contribution is 8.09. The van der Waals surface area contributed by atoms with E-state index in [0.29, 0.717) is 17.4 Å². The van der Waals surface area contributed by atoms with Crippen molar-refractivity contribution in [2.24, 2.45) is 17.8 Å². The van der Waals surface area contributed by atoms with Crippen LogP contribution in [0.5, 0.6) is 0 Å². The Morgan fingerprint density at radius 3 is 1.95 bits per heavy atom. The molecular weight excluding hydrogens is 604 g/mol. The van der Waals surface area contributed by atoms with Gasteiger partial charge in [0.25, 0.3) is 0 Å². The van der Waals surface area contributed by atoms with Crippen LogP contribution in [0.25, 0.3) is 0 Å². The second-order valence-electron chi connectivity index (χ2n) is 12.2. The molecule has 0 unspecified atom stereocenters. The highest BCUT2D eigenvalue weighted by Crippen LogP contribution is 2.39. The first-order valence-corrected chi connectivity index (χ1v) is 18.1. The maximum Gasteiger partial charge on any atom is 0.340 e. The maximum atomic E-state index is 13.8. The number of esters is 2. The Labute approximate surface area is 260 Å². The fourth-order valence-electron chi connectivity index (χ4n) is 6.23. The van der Waals surface area contributed by atoms with Gasteiger partial charge in [-0.05, 0) is 74.6 Å². The van der Waals surface area contributed by atoms with Crippen LogP contribution >= 0.6 is 0 Å². The minimum absolute atomic E-state index is 0.0446. The predicted octanol–water partition coefficient (Wildman–Crippen LogP) is 5.65. The smallest absolute Gasteiger partial charge is 0.340 e. The van der Waals surface area contributed by atoms with Crippen molar-refractivity contribution in [1.82, 2.24) is 0 Å². The summed E-state index contributed by atoms with van der Waals surface area (Å²) in [5, 5.41) is 0. The number of sulfone groups is 2. The van der Waals surface area contributed by atoms with Crippen LogP contribution in [0, 0.1) is 17.8 Å². The van der Waals surface area contributed by atoms with Crippen molar-refractivity contribution in [3.05, 3.63) is 71.8 Å². The molecule has 0 radical (unpaired) electrons. The van der Waals surface area contributed by atoms with Crippen molar-refractivity contribution in [3.8, 4) is 0 Å². The standard InChI is InChI=1S/C33H42O9S2/c1-21(2)27-17-16-22(3)20-29(27)41-33-23(4)31(32(35)42-33)28(40-24(5)34)18-19-30(43(36,37)25-12-8-6-9-13-25)44(38,39)26-14-10-7-11-15-26/h6-15,21-22,27-30,33H,16-20H2,1-5H3/t22-,27+,28+,29-,33-/m1/s1. The van der Waals surface area contributed by atoms with Gasteiger partial charge < -0.3 is 14.2 Å². The Morgan fingerprint density at radius 2 is 1.45 bits per heavy atom. The molecule has 5 atom stereocenters. The zero-order chi connectivity index (χ0) is 32.2. The second-order valence-corrected chi connectivity index (χ2v) is 16.7. The lowest BCUT2D eigenvalue weighted by atomic mass is 9.75. The number of rotatable bonds is 12. The van der Waals surface area contributed by atoms with E-state index in [9.17, 15) is 26.4 Å².